The monoisotopic (exact) mass is 203 g/mol. The van der Waals surface area contributed by atoms with Gasteiger partial charge in [-0.25, -0.2) is 9.37 Å². The summed E-state index contributed by atoms with van der Waals surface area (Å²) in [6.45, 7) is 0. The highest BCUT2D eigenvalue weighted by Crippen LogP contribution is 2.17. The number of pyridine rings is 1. The summed E-state index contributed by atoms with van der Waals surface area (Å²) in [6.07, 6.45) is 1.59. The van der Waals surface area contributed by atoms with Crippen molar-refractivity contribution in [1.82, 2.24) is 4.98 Å². The molecule has 0 fully saturated rings. The lowest BCUT2D eigenvalue weighted by atomic mass is 10.3. The molecule has 0 bridgehead atoms. The van der Waals surface area contributed by atoms with Gasteiger partial charge in [0.05, 0.1) is 0 Å². The Labute approximate surface area is 86.8 Å². The van der Waals surface area contributed by atoms with Crippen molar-refractivity contribution in [3.63, 3.8) is 0 Å². The van der Waals surface area contributed by atoms with Gasteiger partial charge in [-0.2, -0.15) is 0 Å². The molecule has 15 heavy (non-hydrogen) atoms. The number of hydrogen-bond acceptors (Lipinski definition) is 3. The van der Waals surface area contributed by atoms with E-state index in [4.69, 9.17) is 5.73 Å². The number of nitrogens with two attached hydrogens (primary N) is 1. The van der Waals surface area contributed by atoms with Crippen LogP contribution in [-0.4, -0.2) is 4.98 Å². The van der Waals surface area contributed by atoms with E-state index in [1.165, 1.54) is 12.1 Å². The molecule has 0 saturated heterocycles. The number of benzene rings is 1. The van der Waals surface area contributed by atoms with Crippen LogP contribution < -0.4 is 11.1 Å². The third kappa shape index (κ3) is 2.43. The molecule has 0 atom stereocenters. The maximum Gasteiger partial charge on any atom is 0.125 e. The van der Waals surface area contributed by atoms with E-state index in [1.807, 2.05) is 0 Å². The second-order valence-corrected chi connectivity index (χ2v) is 3.10. The lowest BCUT2D eigenvalue weighted by Gasteiger charge is -2.06. The van der Waals surface area contributed by atoms with Crippen molar-refractivity contribution in [1.29, 1.82) is 0 Å². The van der Waals surface area contributed by atoms with Gasteiger partial charge in [0.25, 0.3) is 0 Å². The van der Waals surface area contributed by atoms with Crippen LogP contribution in [0.1, 0.15) is 0 Å². The van der Waals surface area contributed by atoms with E-state index in [2.05, 4.69) is 10.3 Å². The minimum absolute atomic E-state index is 0.276. The Morgan fingerprint density at radius 2 is 1.93 bits per heavy atom. The van der Waals surface area contributed by atoms with Crippen LogP contribution in [0.15, 0.2) is 42.6 Å². The molecule has 0 radical (unpaired) electrons. The van der Waals surface area contributed by atoms with Crippen molar-refractivity contribution >= 4 is 17.2 Å². The van der Waals surface area contributed by atoms with Crippen LogP contribution >= 0.6 is 0 Å². The zero-order valence-corrected chi connectivity index (χ0v) is 7.94. The second kappa shape index (κ2) is 3.96. The van der Waals surface area contributed by atoms with Gasteiger partial charge in [-0.15, -0.1) is 0 Å². The smallest absolute Gasteiger partial charge is 0.125 e. The van der Waals surface area contributed by atoms with Crippen LogP contribution in [0.3, 0.4) is 0 Å². The number of anilines is 3. The Bertz CT molecular complexity index is 427. The van der Waals surface area contributed by atoms with Crippen LogP contribution in [0.25, 0.3) is 0 Å². The van der Waals surface area contributed by atoms with E-state index in [9.17, 15) is 4.39 Å². The molecule has 0 saturated carbocycles. The number of nitrogens with zero attached hydrogens (tertiary/aromatic N) is 1. The molecule has 0 amide bonds. The molecular weight excluding hydrogens is 193 g/mol. The summed E-state index contributed by atoms with van der Waals surface area (Å²) in [5, 5.41) is 3.03. The zero-order valence-electron chi connectivity index (χ0n) is 7.94. The van der Waals surface area contributed by atoms with Gasteiger partial charge in [0.2, 0.25) is 0 Å². The fraction of sp³-hybridized carbons (Fsp3) is 0. The number of rotatable bonds is 2. The Morgan fingerprint density at radius 1 is 1.13 bits per heavy atom. The van der Waals surface area contributed by atoms with E-state index in [0.29, 0.717) is 11.5 Å². The first-order chi connectivity index (χ1) is 7.24. The highest BCUT2D eigenvalue weighted by molar-refractivity contribution is 5.61. The molecule has 76 valence electrons. The maximum absolute atomic E-state index is 12.9. The van der Waals surface area contributed by atoms with Gasteiger partial charge in [-0.3, -0.25) is 0 Å². The van der Waals surface area contributed by atoms with Gasteiger partial charge in [0.1, 0.15) is 11.6 Å². The van der Waals surface area contributed by atoms with Crippen LogP contribution in [-0.2, 0) is 0 Å². The fourth-order valence-electron chi connectivity index (χ4n) is 1.26. The maximum atomic E-state index is 12.9. The topological polar surface area (TPSA) is 50.9 Å². The lowest BCUT2D eigenvalue weighted by Crippen LogP contribution is -1.94. The van der Waals surface area contributed by atoms with Crippen molar-refractivity contribution in [2.45, 2.75) is 0 Å². The van der Waals surface area contributed by atoms with Crippen molar-refractivity contribution in [3.05, 3.63) is 48.4 Å². The summed E-state index contributed by atoms with van der Waals surface area (Å²) in [4.78, 5) is 3.86. The quantitative estimate of drug-likeness (QED) is 0.788. The van der Waals surface area contributed by atoms with Gasteiger partial charge >= 0.3 is 0 Å². The third-order valence-electron chi connectivity index (χ3n) is 1.89. The van der Waals surface area contributed by atoms with Crippen LogP contribution in [0.5, 0.6) is 0 Å². The van der Waals surface area contributed by atoms with Crippen molar-refractivity contribution in [3.8, 4) is 0 Å². The average molecular weight is 203 g/mol. The minimum Gasteiger partial charge on any atom is -0.384 e. The first kappa shape index (κ1) is 9.45. The van der Waals surface area contributed by atoms with E-state index in [0.717, 1.165) is 5.69 Å². The second-order valence-electron chi connectivity index (χ2n) is 3.10. The predicted molar refractivity (Wildman–Crippen MR) is 58.3 cm³/mol. The van der Waals surface area contributed by atoms with Crippen molar-refractivity contribution in [2.24, 2.45) is 0 Å². The summed E-state index contributed by atoms with van der Waals surface area (Å²) in [6, 6.07) is 9.68. The number of halogens is 1. The molecule has 0 spiro atoms. The molecule has 0 aliphatic carbocycles. The highest BCUT2D eigenvalue weighted by Gasteiger charge is 1.96. The molecule has 0 aliphatic rings. The summed E-state index contributed by atoms with van der Waals surface area (Å²) in [5.41, 5.74) is 6.98. The highest BCUT2D eigenvalue weighted by atomic mass is 19.1. The Morgan fingerprint density at radius 3 is 2.67 bits per heavy atom. The SMILES string of the molecule is Nc1cc(Nc2cccc(F)c2)ccn1. The minimum atomic E-state index is -0.276. The van der Waals surface area contributed by atoms with Gasteiger partial charge in [0.15, 0.2) is 0 Å². The first-order valence-electron chi connectivity index (χ1n) is 4.48. The average Bonchev–Trinajstić information content (AvgIpc) is 2.17. The van der Waals surface area contributed by atoms with E-state index >= 15 is 0 Å². The number of aromatic nitrogens is 1. The summed E-state index contributed by atoms with van der Waals surface area (Å²) < 4.78 is 12.9. The molecule has 0 aliphatic heterocycles. The van der Waals surface area contributed by atoms with Gasteiger partial charge in [-0.1, -0.05) is 6.07 Å². The van der Waals surface area contributed by atoms with Crippen LogP contribution in [0.4, 0.5) is 21.6 Å². The zero-order chi connectivity index (χ0) is 10.7. The molecule has 4 heteroatoms. The lowest BCUT2D eigenvalue weighted by molar-refractivity contribution is 0.628. The van der Waals surface area contributed by atoms with E-state index in [-0.39, 0.29) is 5.82 Å². The normalized spacial score (nSPS) is 9.93. The predicted octanol–water partition coefficient (Wildman–Crippen LogP) is 2.55. The summed E-state index contributed by atoms with van der Waals surface area (Å²) in [7, 11) is 0. The molecule has 3 nitrogen and oxygen atoms in total. The molecule has 1 aromatic heterocycles. The van der Waals surface area contributed by atoms with Gasteiger partial charge in [-0.05, 0) is 24.3 Å². The molecule has 2 rings (SSSR count). The number of hydrogen-bond donors (Lipinski definition) is 2. The Kier molecular flexibility index (Phi) is 2.49. The number of nitrogen functional groups attached to an aromatic ring is 1. The van der Waals surface area contributed by atoms with Crippen molar-refractivity contribution in [2.75, 3.05) is 11.1 Å². The van der Waals surface area contributed by atoms with Crippen LogP contribution in [0.2, 0.25) is 0 Å². The van der Waals surface area contributed by atoms with E-state index < -0.39 is 0 Å². The molecule has 1 aromatic carbocycles. The summed E-state index contributed by atoms with van der Waals surface area (Å²) >= 11 is 0. The Hall–Kier alpha value is -2.10. The Balaban J connectivity index is 2.22. The number of nitrogens with one attached hydrogen (secondary N) is 1. The van der Waals surface area contributed by atoms with Gasteiger partial charge in [0, 0.05) is 23.6 Å². The van der Waals surface area contributed by atoms with Crippen LogP contribution in [0, 0.1) is 5.82 Å². The van der Waals surface area contributed by atoms with Crippen molar-refractivity contribution < 1.29 is 4.39 Å². The standard InChI is InChI=1S/C11H10FN3/c12-8-2-1-3-9(6-8)15-10-4-5-14-11(13)7-10/h1-7H,(H3,13,14,15). The third-order valence-corrected chi connectivity index (χ3v) is 1.89. The largest absolute Gasteiger partial charge is 0.384 e. The summed E-state index contributed by atoms with van der Waals surface area (Å²) in [5.74, 6) is 0.151. The molecule has 0 unspecified atom stereocenters. The molecule has 3 N–H and O–H groups in total. The fourth-order valence-corrected chi connectivity index (χ4v) is 1.26. The first-order valence-corrected chi connectivity index (χ1v) is 4.48. The van der Waals surface area contributed by atoms with Gasteiger partial charge < -0.3 is 11.1 Å². The van der Waals surface area contributed by atoms with E-state index in [1.54, 1.807) is 30.5 Å². The molecular formula is C11H10FN3. The molecule has 1 heterocycles. The molecule has 2 aromatic rings.